The van der Waals surface area contributed by atoms with E-state index in [0.29, 0.717) is 73.6 Å². The van der Waals surface area contributed by atoms with Crippen LogP contribution in [0.1, 0.15) is 132 Å². The predicted molar refractivity (Wildman–Crippen MR) is 300 cm³/mol. The van der Waals surface area contributed by atoms with Crippen molar-refractivity contribution in [2.75, 3.05) is 50.1 Å². The van der Waals surface area contributed by atoms with Crippen LogP contribution < -0.4 is 25.6 Å². The van der Waals surface area contributed by atoms with E-state index in [1.807, 2.05) is 32.0 Å². The van der Waals surface area contributed by atoms with Crippen LogP contribution in [0.4, 0.5) is 22.2 Å². The molecule has 0 saturated carbocycles. The van der Waals surface area contributed by atoms with Crippen molar-refractivity contribution in [2.45, 2.75) is 159 Å². The highest BCUT2D eigenvalue weighted by Gasteiger charge is 2.47. The van der Waals surface area contributed by atoms with Gasteiger partial charge in [-0.2, -0.15) is 5.10 Å². The van der Waals surface area contributed by atoms with E-state index in [1.165, 1.54) is 37.0 Å². The Kier molecular flexibility index (Phi) is 16.4. The molecule has 4 N–H and O–H groups in total. The first-order chi connectivity index (χ1) is 37.9. The van der Waals surface area contributed by atoms with Crippen LogP contribution in [-0.2, 0) is 35.4 Å². The molecular formula is C57H75N13O9S. The summed E-state index contributed by atoms with van der Waals surface area (Å²) >= 11 is 0. The Labute approximate surface area is 467 Å². The predicted octanol–water partition coefficient (Wildman–Crippen LogP) is 6.51. The maximum Gasteiger partial charge on any atom is 0.410 e. The first-order valence-electron chi connectivity index (χ1n) is 27.7. The third kappa shape index (κ3) is 12.2. The zero-order valence-corrected chi connectivity index (χ0v) is 48.3. The van der Waals surface area contributed by atoms with Crippen molar-refractivity contribution in [3.63, 3.8) is 0 Å². The number of nitrogens with one attached hydrogen (secondary N) is 4. The summed E-state index contributed by atoms with van der Waals surface area (Å²) in [5, 5.41) is 17.1. The van der Waals surface area contributed by atoms with Crippen LogP contribution in [0, 0.1) is 19.8 Å². The summed E-state index contributed by atoms with van der Waals surface area (Å²) in [4.78, 5) is 95.2. The fourth-order valence-electron chi connectivity index (χ4n) is 10.9. The van der Waals surface area contributed by atoms with E-state index in [9.17, 15) is 32.4 Å². The minimum atomic E-state index is -3.90. The fourth-order valence-corrected chi connectivity index (χ4v) is 12.2. The molecule has 0 spiro atoms. The van der Waals surface area contributed by atoms with Gasteiger partial charge in [0.05, 0.1) is 41.9 Å². The fraction of sp³-hybridized carbons (Fsp3) is 0.544. The molecular weight excluding hydrogens is 1040 g/mol. The number of H-pyrrole nitrogens is 1. The summed E-state index contributed by atoms with van der Waals surface area (Å²) in [6.45, 7) is 16.9. The molecule has 2 aromatic carbocycles. The second-order valence-corrected chi connectivity index (χ2v) is 26.3. The van der Waals surface area contributed by atoms with Gasteiger partial charge in [-0.1, -0.05) is 24.3 Å². The number of fused-ring (bicyclic) bond motifs is 3. The lowest BCUT2D eigenvalue weighted by molar-refractivity contribution is -0.145. The molecule has 0 unspecified atom stereocenters. The number of hydrogen-bond acceptors (Lipinski definition) is 16. The number of sulfone groups is 1. The molecule has 9 rings (SSSR count). The van der Waals surface area contributed by atoms with Gasteiger partial charge in [0, 0.05) is 55.4 Å². The molecule has 5 amide bonds. The number of hydrogen-bond donors (Lipinski definition) is 4. The van der Waals surface area contributed by atoms with Gasteiger partial charge in [-0.15, -0.1) is 0 Å². The number of anilines is 3. The molecule has 80 heavy (non-hydrogen) atoms. The van der Waals surface area contributed by atoms with E-state index < -0.39 is 68.2 Å². The van der Waals surface area contributed by atoms with Gasteiger partial charge in [0.25, 0.3) is 5.91 Å². The topological polar surface area (TPSA) is 267 Å². The smallest absolute Gasteiger partial charge is 0.410 e. The molecule has 0 radical (unpaired) electrons. The number of amides is 5. The van der Waals surface area contributed by atoms with Crippen LogP contribution in [0.15, 0.2) is 60.0 Å². The summed E-state index contributed by atoms with van der Waals surface area (Å²) in [5.74, 6) is -0.0319. The Morgan fingerprint density at radius 2 is 1.62 bits per heavy atom. The Morgan fingerprint density at radius 1 is 0.875 bits per heavy atom. The van der Waals surface area contributed by atoms with E-state index in [2.05, 4.69) is 57.0 Å². The van der Waals surface area contributed by atoms with Crippen LogP contribution in [0.5, 0.6) is 5.75 Å². The van der Waals surface area contributed by atoms with Gasteiger partial charge >= 0.3 is 6.09 Å². The quantitative estimate of drug-likeness (QED) is 0.0979. The van der Waals surface area contributed by atoms with E-state index in [-0.39, 0.29) is 53.9 Å². The van der Waals surface area contributed by atoms with Crippen LogP contribution >= 0.6 is 0 Å². The number of piperidine rings is 1. The second-order valence-electron chi connectivity index (χ2n) is 23.6. The Bertz CT molecular complexity index is 3260. The molecule has 5 aromatic rings. The van der Waals surface area contributed by atoms with Crippen molar-refractivity contribution >= 4 is 67.9 Å². The van der Waals surface area contributed by atoms with Crippen molar-refractivity contribution in [1.82, 2.24) is 55.5 Å². The van der Waals surface area contributed by atoms with Crippen LogP contribution in [-0.4, -0.2) is 157 Å². The third-order valence-electron chi connectivity index (χ3n) is 16.0. The average molecular weight is 1120 g/mol. The van der Waals surface area contributed by atoms with Gasteiger partial charge in [0.2, 0.25) is 17.7 Å². The number of aromatic nitrogens is 6. The Balaban J connectivity index is 0.870. The zero-order chi connectivity index (χ0) is 57.4. The van der Waals surface area contributed by atoms with Crippen molar-refractivity contribution in [3.8, 4) is 5.75 Å². The minimum Gasteiger partial charge on any atom is -0.492 e. The minimum absolute atomic E-state index is 0.0447. The number of aromatic amines is 1. The molecule has 5 atom stereocenters. The highest BCUT2D eigenvalue weighted by atomic mass is 32.2. The lowest BCUT2D eigenvalue weighted by Crippen LogP contribution is -2.62. The van der Waals surface area contributed by atoms with Crippen molar-refractivity contribution in [2.24, 2.45) is 5.92 Å². The molecule has 3 fully saturated rings. The number of carbonyl (C=O) groups is 5. The van der Waals surface area contributed by atoms with Crippen LogP contribution in [0.2, 0.25) is 0 Å². The number of carbonyl (C=O) groups excluding carboxylic acids is 5. The highest BCUT2D eigenvalue weighted by molar-refractivity contribution is 7.92. The second kappa shape index (κ2) is 23.0. The summed E-state index contributed by atoms with van der Waals surface area (Å²) in [7, 11) is -2.46. The normalized spacial score (nSPS) is 20.5. The third-order valence-corrected chi connectivity index (χ3v) is 18.5. The number of ether oxygens (including phenoxy) is 2. The summed E-state index contributed by atoms with van der Waals surface area (Å²) in [5.41, 5.74) is 3.80. The SMILES string of the molecule is Cc1[nH]nc(Nc2ncnc3cc(OCC4CCN(c5cnc(C(=O)N6CC[C@H]7CC[C@@H](C(=O)N[C@@H]8CCCc9ccccc98)N7C(=O)[C@@H](NC(=O)[C@H](C)N(C)C(=O)OC(C)(C)C)C6)cn5)CC4)c(S(=O)(=O)C(C)(C)C)cc23)c1C. The molecule has 22 nitrogen and oxygen atoms in total. The molecule has 4 aliphatic rings. The first kappa shape index (κ1) is 57.3. The summed E-state index contributed by atoms with van der Waals surface area (Å²) < 4.78 is 39.1. The molecule has 1 aliphatic carbocycles. The van der Waals surface area contributed by atoms with Gasteiger partial charge in [0.15, 0.2) is 15.7 Å². The Morgan fingerprint density at radius 3 is 2.31 bits per heavy atom. The molecule has 428 valence electrons. The average Bonchev–Trinajstić information content (AvgIpc) is 4.04. The summed E-state index contributed by atoms with van der Waals surface area (Å²) in [6.07, 6.45) is 9.02. The van der Waals surface area contributed by atoms with E-state index >= 15 is 0 Å². The molecule has 3 aliphatic heterocycles. The molecule has 3 aromatic heterocycles. The van der Waals surface area contributed by atoms with Gasteiger partial charge in [-0.3, -0.25) is 29.2 Å². The van der Waals surface area contributed by atoms with Crippen LogP contribution in [0.3, 0.4) is 0 Å². The van der Waals surface area contributed by atoms with Gasteiger partial charge in [-0.25, -0.2) is 33.1 Å². The standard InChI is InChI=1S/C57H75N13O9S/c1-33-34(2)65-66-49(33)64-50-40-26-47(80(76,77)57(7,8)9)46(27-42(40)60-32-61-50)78-31-36-20-23-68(24-21-36)48-29-58-43(28-59-48)53(73)69-25-22-38-18-19-45(52(72)62-41-17-13-15-37-14-11-12-16-39(37)41)70(38)54(74)44(30-69)63-51(71)35(3)67(10)55(75)79-56(4,5)6/h11-12,14,16,26-29,32,35-36,38,41,44-45H,13,15,17-25,30-31H2,1-10H3,(H,62,72)(H,63,71)(H2,60,61,64,65,66)/t35-,38+,41+,44-,45-/m0/s1. The molecule has 0 bridgehead atoms. The highest BCUT2D eigenvalue weighted by Crippen LogP contribution is 2.39. The monoisotopic (exact) mass is 1120 g/mol. The van der Waals surface area contributed by atoms with Gasteiger partial charge in [-0.05, 0) is 137 Å². The molecule has 23 heteroatoms. The maximum atomic E-state index is 14.9. The van der Waals surface area contributed by atoms with Crippen molar-refractivity contribution < 1.29 is 41.9 Å². The van der Waals surface area contributed by atoms with Gasteiger partial charge < -0.3 is 40.1 Å². The zero-order valence-electron chi connectivity index (χ0n) is 47.5. The van der Waals surface area contributed by atoms with Crippen molar-refractivity contribution in [1.29, 1.82) is 0 Å². The summed E-state index contributed by atoms with van der Waals surface area (Å²) in [6, 6.07) is 7.61. The van der Waals surface area contributed by atoms with E-state index in [4.69, 9.17) is 9.47 Å². The van der Waals surface area contributed by atoms with Gasteiger partial charge in [0.1, 0.15) is 58.0 Å². The lowest BCUT2D eigenvalue weighted by atomic mass is 9.87. The largest absolute Gasteiger partial charge is 0.492 e. The van der Waals surface area contributed by atoms with E-state index in [1.54, 1.807) is 64.8 Å². The van der Waals surface area contributed by atoms with Crippen molar-refractivity contribution in [3.05, 3.63) is 83.2 Å². The number of aryl methyl sites for hydroxylation is 2. The number of benzene rings is 2. The molecule has 6 heterocycles. The number of nitrogens with zero attached hydrogens (tertiary/aromatic N) is 9. The lowest BCUT2D eigenvalue weighted by Gasteiger charge is -2.39. The maximum absolute atomic E-state index is 14.9. The van der Waals surface area contributed by atoms with Crippen LogP contribution in [0.25, 0.3) is 10.9 Å². The van der Waals surface area contributed by atoms with E-state index in [0.717, 1.165) is 41.0 Å². The Hall–Kier alpha value is -7.43. The first-order valence-corrected chi connectivity index (χ1v) is 29.1. The number of likely N-dealkylation sites (N-methyl/N-ethyl adjacent to an activating group) is 1. The molecule has 3 saturated heterocycles. The number of rotatable bonds is 13.